The second kappa shape index (κ2) is 17.1. The topological polar surface area (TPSA) is 103 Å². The Morgan fingerprint density at radius 1 is 1.02 bits per heavy atom. The van der Waals surface area contributed by atoms with E-state index >= 15 is 0 Å². The summed E-state index contributed by atoms with van der Waals surface area (Å²) in [5.74, 6) is 0.786. The third-order valence-corrected chi connectivity index (χ3v) is 11.5. The molecular formula is C41H50N2O6S. The van der Waals surface area contributed by atoms with E-state index in [4.69, 9.17) is 19.0 Å². The highest BCUT2D eigenvalue weighted by molar-refractivity contribution is 8.00. The molecule has 6 atom stereocenters. The SMILES string of the molecule is C=CCOC12Oc3ccc(OCc4cccc(C)n4)cc3C3C(CCCCO)C(CCCCO)C=C(C(=NOC)CC1Sc1ccccc1)C32. The van der Waals surface area contributed by atoms with Gasteiger partial charge in [0.15, 0.2) is 0 Å². The first-order chi connectivity index (χ1) is 24.5. The highest BCUT2D eigenvalue weighted by atomic mass is 32.2. The van der Waals surface area contributed by atoms with Crippen LogP contribution in [0, 0.1) is 24.7 Å². The molecular weight excluding hydrogens is 649 g/mol. The van der Waals surface area contributed by atoms with E-state index in [0.29, 0.717) is 19.6 Å². The molecule has 2 aliphatic carbocycles. The van der Waals surface area contributed by atoms with Gasteiger partial charge in [-0.15, -0.1) is 18.3 Å². The fraction of sp³-hybridized carbons (Fsp3) is 0.463. The summed E-state index contributed by atoms with van der Waals surface area (Å²) in [6.07, 6.45) is 9.97. The van der Waals surface area contributed by atoms with Crippen LogP contribution in [0.1, 0.15) is 67.8 Å². The first kappa shape index (κ1) is 36.2. The number of hydrogen-bond donors (Lipinski definition) is 2. The molecule has 0 saturated heterocycles. The quantitative estimate of drug-likeness (QED) is 0.0831. The van der Waals surface area contributed by atoms with Crippen molar-refractivity contribution >= 4 is 17.5 Å². The Kier molecular flexibility index (Phi) is 12.3. The first-order valence-electron chi connectivity index (χ1n) is 17.9. The number of unbranched alkanes of at least 4 members (excludes halogenated alkanes) is 2. The summed E-state index contributed by atoms with van der Waals surface area (Å²) in [7, 11) is 1.61. The van der Waals surface area contributed by atoms with Crippen LogP contribution in [0.25, 0.3) is 0 Å². The Morgan fingerprint density at radius 3 is 2.56 bits per heavy atom. The number of aromatic nitrogens is 1. The lowest BCUT2D eigenvalue weighted by Crippen LogP contribution is -2.64. The van der Waals surface area contributed by atoms with Crippen LogP contribution in [0.5, 0.6) is 11.5 Å². The fourth-order valence-electron chi connectivity index (χ4n) is 8.13. The number of nitrogens with zero attached hydrogens (tertiary/aromatic N) is 2. The lowest BCUT2D eigenvalue weighted by molar-refractivity contribution is -0.223. The fourth-order valence-corrected chi connectivity index (χ4v) is 9.44. The van der Waals surface area contributed by atoms with Crippen LogP contribution in [0.4, 0.5) is 0 Å². The molecule has 1 saturated carbocycles. The highest BCUT2D eigenvalue weighted by Gasteiger charge is 2.64. The lowest BCUT2D eigenvalue weighted by atomic mass is 9.56. The van der Waals surface area contributed by atoms with Crippen molar-refractivity contribution in [1.82, 2.24) is 4.98 Å². The van der Waals surface area contributed by atoms with Gasteiger partial charge in [0.25, 0.3) is 0 Å². The standard InChI is InChI=1S/C41H50N2O6S/c1-4-23-48-41-38(50-32-16-6-5-7-17-32)26-36(43-46-3)34-24-29(14-8-10-21-44)33(18-9-11-22-45)39(40(34)41)35-25-31(19-20-37(35)49-41)47-27-30-15-12-13-28(2)42-30/h4-7,12-13,15-17,19-20,24-25,29,33,38-40,44-45H,1,8-11,14,18,21-23,26-27H2,2-3H3. The lowest BCUT2D eigenvalue weighted by Gasteiger charge is -2.58. The molecule has 0 bridgehead atoms. The van der Waals surface area contributed by atoms with E-state index in [9.17, 15) is 10.2 Å². The number of hydrogen-bond acceptors (Lipinski definition) is 9. The third-order valence-electron chi connectivity index (χ3n) is 10.2. The van der Waals surface area contributed by atoms with E-state index < -0.39 is 5.79 Å². The Labute approximate surface area is 300 Å². The van der Waals surface area contributed by atoms with Crippen LogP contribution >= 0.6 is 11.8 Å². The average Bonchev–Trinajstić information content (AvgIpc) is 3.13. The molecule has 3 aliphatic rings. The molecule has 1 aromatic heterocycles. The van der Waals surface area contributed by atoms with Crippen molar-refractivity contribution in [3.8, 4) is 11.5 Å². The van der Waals surface area contributed by atoms with Crippen molar-refractivity contribution in [2.45, 2.75) is 80.3 Å². The number of ether oxygens (including phenoxy) is 3. The number of aryl methyl sites for hydroxylation is 1. The second-order valence-corrected chi connectivity index (χ2v) is 14.7. The summed E-state index contributed by atoms with van der Waals surface area (Å²) >= 11 is 1.75. The van der Waals surface area contributed by atoms with Gasteiger partial charge < -0.3 is 29.3 Å². The zero-order valence-electron chi connectivity index (χ0n) is 29.2. The Hall–Kier alpha value is -3.63. The van der Waals surface area contributed by atoms with Crippen molar-refractivity contribution in [3.63, 3.8) is 0 Å². The van der Waals surface area contributed by atoms with Crippen molar-refractivity contribution in [2.75, 3.05) is 26.9 Å². The van der Waals surface area contributed by atoms with Gasteiger partial charge in [-0.3, -0.25) is 4.98 Å². The molecule has 2 aromatic carbocycles. The summed E-state index contributed by atoms with van der Waals surface area (Å²) < 4.78 is 20.6. The predicted octanol–water partition coefficient (Wildman–Crippen LogP) is 8.02. The number of pyridine rings is 1. The van der Waals surface area contributed by atoms with Gasteiger partial charge >= 0.3 is 0 Å². The minimum atomic E-state index is -1.02. The number of rotatable bonds is 17. The molecule has 1 aliphatic heterocycles. The van der Waals surface area contributed by atoms with E-state index in [-0.39, 0.29) is 42.1 Å². The van der Waals surface area contributed by atoms with Gasteiger partial charge in [-0.25, -0.2) is 0 Å². The van der Waals surface area contributed by atoms with Crippen LogP contribution in [-0.4, -0.2) is 58.9 Å². The van der Waals surface area contributed by atoms with Crippen LogP contribution in [0.15, 0.2) is 101 Å². The molecule has 8 nitrogen and oxygen atoms in total. The van der Waals surface area contributed by atoms with Gasteiger partial charge in [-0.05, 0) is 92.5 Å². The summed E-state index contributed by atoms with van der Waals surface area (Å²) in [5, 5.41) is 24.1. The summed E-state index contributed by atoms with van der Waals surface area (Å²) in [6.45, 7) is 7.02. The van der Waals surface area contributed by atoms with Gasteiger partial charge in [0.05, 0.1) is 29.2 Å². The average molecular weight is 699 g/mol. The summed E-state index contributed by atoms with van der Waals surface area (Å²) in [4.78, 5) is 11.3. The normalized spacial score (nSPS) is 26.0. The van der Waals surface area contributed by atoms with Crippen LogP contribution in [0.3, 0.4) is 0 Å². The van der Waals surface area contributed by atoms with E-state index in [1.165, 1.54) is 0 Å². The van der Waals surface area contributed by atoms with E-state index in [2.05, 4.69) is 53.1 Å². The van der Waals surface area contributed by atoms with Crippen molar-refractivity contribution in [2.24, 2.45) is 22.9 Å². The number of oxime groups is 1. The highest BCUT2D eigenvalue weighted by Crippen LogP contribution is 2.63. The third kappa shape index (κ3) is 7.81. The molecule has 0 amide bonds. The van der Waals surface area contributed by atoms with Gasteiger partial charge in [-0.1, -0.05) is 54.4 Å². The maximum Gasteiger partial charge on any atom is 0.231 e. The van der Waals surface area contributed by atoms with Crippen molar-refractivity contribution in [1.29, 1.82) is 0 Å². The summed E-state index contributed by atoms with van der Waals surface area (Å²) in [5.41, 5.74) is 4.95. The molecule has 2 N–H and O–H groups in total. The molecule has 1 fully saturated rings. The van der Waals surface area contributed by atoms with Gasteiger partial charge in [0.2, 0.25) is 5.79 Å². The molecule has 9 heteroatoms. The first-order valence-corrected chi connectivity index (χ1v) is 18.8. The smallest absolute Gasteiger partial charge is 0.231 e. The summed E-state index contributed by atoms with van der Waals surface area (Å²) in [6, 6.07) is 22.5. The van der Waals surface area contributed by atoms with E-state index in [0.717, 1.165) is 83.2 Å². The molecule has 3 aromatic rings. The predicted molar refractivity (Wildman–Crippen MR) is 198 cm³/mol. The minimum Gasteiger partial charge on any atom is -0.487 e. The molecule has 0 spiro atoms. The van der Waals surface area contributed by atoms with Gasteiger partial charge in [0, 0.05) is 41.7 Å². The Balaban J connectivity index is 1.51. The van der Waals surface area contributed by atoms with Gasteiger partial charge in [-0.2, -0.15) is 0 Å². The molecule has 50 heavy (non-hydrogen) atoms. The number of aliphatic hydroxyl groups excluding tert-OH is 2. The zero-order valence-corrected chi connectivity index (χ0v) is 30.0. The molecule has 0 radical (unpaired) electrons. The van der Waals surface area contributed by atoms with E-state index in [1.54, 1.807) is 24.9 Å². The number of fused-ring (bicyclic) bond motifs is 2. The van der Waals surface area contributed by atoms with E-state index in [1.807, 2.05) is 43.3 Å². The van der Waals surface area contributed by atoms with Gasteiger partial charge in [0.1, 0.15) is 25.2 Å². The molecule has 6 unspecified atom stereocenters. The van der Waals surface area contributed by atoms with Crippen LogP contribution in [-0.2, 0) is 16.2 Å². The monoisotopic (exact) mass is 698 g/mol. The van der Waals surface area contributed by atoms with Crippen LogP contribution in [0.2, 0.25) is 0 Å². The Bertz CT molecular complexity index is 1650. The maximum absolute atomic E-state index is 9.83. The molecule has 6 rings (SSSR count). The van der Waals surface area contributed by atoms with Crippen molar-refractivity contribution < 1.29 is 29.3 Å². The van der Waals surface area contributed by atoms with Crippen LogP contribution < -0.4 is 9.47 Å². The van der Waals surface area contributed by atoms with Crippen molar-refractivity contribution in [3.05, 3.63) is 108 Å². The number of thioether (sulfide) groups is 1. The number of allylic oxidation sites excluding steroid dienone is 1. The second-order valence-electron chi connectivity index (χ2n) is 13.4. The molecule has 2 heterocycles. The largest absolute Gasteiger partial charge is 0.487 e. The number of benzene rings is 2. The minimum absolute atomic E-state index is 0.00302. The molecule has 266 valence electrons. The Morgan fingerprint density at radius 2 is 1.82 bits per heavy atom. The zero-order chi connectivity index (χ0) is 34.9. The maximum atomic E-state index is 9.83. The number of aliphatic hydroxyl groups is 2.